The fourth-order valence-electron chi connectivity index (χ4n) is 2.40. The first kappa shape index (κ1) is 11.6. The summed E-state index contributed by atoms with van der Waals surface area (Å²) in [4.78, 5) is 13.0. The maximum absolute atomic E-state index is 12.0. The third kappa shape index (κ3) is 2.46. The van der Waals surface area contributed by atoms with Gasteiger partial charge in [-0.2, -0.15) is 0 Å². The van der Waals surface area contributed by atoms with Crippen LogP contribution in [0.25, 0.3) is 0 Å². The van der Waals surface area contributed by atoms with Crippen LogP contribution >= 0.6 is 11.3 Å². The summed E-state index contributed by atoms with van der Waals surface area (Å²) in [6.45, 7) is 4.35. The van der Waals surface area contributed by atoms with Crippen molar-refractivity contribution >= 4 is 17.2 Å². The molecule has 1 amide bonds. The molecular formula is C13H19NOS. The van der Waals surface area contributed by atoms with Crippen LogP contribution in [0.3, 0.4) is 0 Å². The van der Waals surface area contributed by atoms with E-state index in [-0.39, 0.29) is 5.91 Å². The van der Waals surface area contributed by atoms with Gasteiger partial charge in [-0.3, -0.25) is 4.79 Å². The van der Waals surface area contributed by atoms with E-state index < -0.39 is 0 Å². The predicted octanol–water partition coefficient (Wildman–Crippen LogP) is 3.23. The highest BCUT2D eigenvalue weighted by Crippen LogP contribution is 2.25. The molecule has 1 aromatic rings. The molecule has 88 valence electrons. The Morgan fingerprint density at radius 1 is 1.56 bits per heavy atom. The monoisotopic (exact) mass is 237 g/mol. The smallest absolute Gasteiger partial charge is 0.261 e. The Bertz CT molecular complexity index is 372. The molecule has 0 radical (unpaired) electrons. The van der Waals surface area contributed by atoms with Crippen LogP contribution in [0.4, 0.5) is 0 Å². The lowest BCUT2D eigenvalue weighted by atomic mass is 10.1. The molecule has 1 heterocycles. The lowest BCUT2D eigenvalue weighted by molar-refractivity contribution is 0.0940. The molecule has 16 heavy (non-hydrogen) atoms. The summed E-state index contributed by atoms with van der Waals surface area (Å²) in [6, 6.07) is 2.45. The van der Waals surface area contributed by atoms with Gasteiger partial charge in [0.1, 0.15) is 0 Å². The normalized spacial score (nSPS) is 24.6. The van der Waals surface area contributed by atoms with E-state index in [2.05, 4.69) is 25.2 Å². The van der Waals surface area contributed by atoms with Crippen molar-refractivity contribution in [2.75, 3.05) is 0 Å². The Balaban J connectivity index is 1.98. The molecule has 2 rings (SSSR count). The highest BCUT2D eigenvalue weighted by Gasteiger charge is 2.24. The van der Waals surface area contributed by atoms with E-state index >= 15 is 0 Å². The Kier molecular flexibility index (Phi) is 3.64. The zero-order chi connectivity index (χ0) is 11.5. The first-order chi connectivity index (χ1) is 7.70. The van der Waals surface area contributed by atoms with Crippen LogP contribution < -0.4 is 5.32 Å². The van der Waals surface area contributed by atoms with Crippen LogP contribution in [-0.4, -0.2) is 11.9 Å². The molecule has 1 fully saturated rings. The molecule has 0 bridgehead atoms. The lowest BCUT2D eigenvalue weighted by Gasteiger charge is -2.12. The Hall–Kier alpha value is -0.830. The van der Waals surface area contributed by atoms with Crippen LogP contribution in [0.1, 0.15) is 48.3 Å². The van der Waals surface area contributed by atoms with E-state index in [0.29, 0.717) is 6.04 Å². The number of rotatable bonds is 3. The number of carbonyl (C=O) groups is 1. The van der Waals surface area contributed by atoms with Gasteiger partial charge in [0.25, 0.3) is 5.91 Å². The average molecular weight is 237 g/mol. The number of hydrogen-bond acceptors (Lipinski definition) is 2. The molecule has 0 aromatic carbocycles. The first-order valence-corrected chi connectivity index (χ1v) is 6.96. The standard InChI is InChI=1S/C13H19NOS/c1-3-10-6-7-16-12(10)13(15)14-11-5-4-9(2)8-11/h6-7,9,11H,3-5,8H2,1-2H3,(H,14,15). The first-order valence-electron chi connectivity index (χ1n) is 6.08. The highest BCUT2D eigenvalue weighted by molar-refractivity contribution is 7.12. The van der Waals surface area contributed by atoms with Gasteiger partial charge in [-0.15, -0.1) is 11.3 Å². The van der Waals surface area contributed by atoms with Crippen molar-refractivity contribution in [1.29, 1.82) is 0 Å². The summed E-state index contributed by atoms with van der Waals surface area (Å²) in [7, 11) is 0. The number of thiophene rings is 1. The number of nitrogens with one attached hydrogen (secondary N) is 1. The van der Waals surface area contributed by atoms with Gasteiger partial charge in [-0.05, 0) is 48.6 Å². The third-order valence-corrected chi connectivity index (χ3v) is 4.32. The van der Waals surface area contributed by atoms with Crippen LogP contribution in [-0.2, 0) is 6.42 Å². The SMILES string of the molecule is CCc1ccsc1C(=O)NC1CCC(C)C1. The van der Waals surface area contributed by atoms with Crippen LogP contribution in [0, 0.1) is 5.92 Å². The van der Waals surface area contributed by atoms with Crippen LogP contribution in [0.5, 0.6) is 0 Å². The second-order valence-corrected chi connectivity index (χ2v) is 5.63. The van der Waals surface area contributed by atoms with E-state index in [4.69, 9.17) is 0 Å². The largest absolute Gasteiger partial charge is 0.349 e. The van der Waals surface area contributed by atoms with E-state index in [9.17, 15) is 4.79 Å². The molecule has 1 aliphatic carbocycles. The molecule has 2 atom stereocenters. The van der Waals surface area contributed by atoms with Gasteiger partial charge >= 0.3 is 0 Å². The quantitative estimate of drug-likeness (QED) is 0.859. The molecule has 3 heteroatoms. The minimum absolute atomic E-state index is 0.131. The topological polar surface area (TPSA) is 29.1 Å². The summed E-state index contributed by atoms with van der Waals surface area (Å²) in [5, 5.41) is 5.16. The van der Waals surface area contributed by atoms with Gasteiger partial charge in [0.05, 0.1) is 4.88 Å². The molecular weight excluding hydrogens is 218 g/mol. The van der Waals surface area contributed by atoms with Crippen LogP contribution in [0.15, 0.2) is 11.4 Å². The summed E-state index contributed by atoms with van der Waals surface area (Å²) in [6.07, 6.45) is 4.46. The zero-order valence-electron chi connectivity index (χ0n) is 9.95. The van der Waals surface area contributed by atoms with Crippen molar-refractivity contribution in [3.05, 3.63) is 21.9 Å². The van der Waals surface area contributed by atoms with Gasteiger partial charge in [-0.1, -0.05) is 13.8 Å². The van der Waals surface area contributed by atoms with E-state index in [1.807, 2.05) is 5.38 Å². The molecule has 1 saturated carbocycles. The van der Waals surface area contributed by atoms with E-state index in [1.165, 1.54) is 12.0 Å². The second-order valence-electron chi connectivity index (χ2n) is 4.72. The molecule has 0 spiro atoms. The second kappa shape index (κ2) is 5.00. The van der Waals surface area contributed by atoms with Gasteiger partial charge in [0.15, 0.2) is 0 Å². The maximum atomic E-state index is 12.0. The van der Waals surface area contributed by atoms with Crippen molar-refractivity contribution < 1.29 is 4.79 Å². The third-order valence-electron chi connectivity index (χ3n) is 3.36. The van der Waals surface area contributed by atoms with Gasteiger partial charge in [-0.25, -0.2) is 0 Å². The number of hydrogen-bond donors (Lipinski definition) is 1. The number of aryl methyl sites for hydroxylation is 1. The molecule has 1 N–H and O–H groups in total. The fraction of sp³-hybridized carbons (Fsp3) is 0.615. The highest BCUT2D eigenvalue weighted by atomic mass is 32.1. The molecule has 1 aliphatic rings. The van der Waals surface area contributed by atoms with Crippen molar-refractivity contribution in [3.63, 3.8) is 0 Å². The number of amides is 1. The Labute approximate surface area is 101 Å². The summed E-state index contributed by atoms with van der Waals surface area (Å²) in [5.74, 6) is 0.894. The van der Waals surface area contributed by atoms with Crippen LogP contribution in [0.2, 0.25) is 0 Å². The summed E-state index contributed by atoms with van der Waals surface area (Å²) >= 11 is 1.55. The van der Waals surface area contributed by atoms with Crippen molar-refractivity contribution in [1.82, 2.24) is 5.32 Å². The van der Waals surface area contributed by atoms with E-state index in [0.717, 1.165) is 30.1 Å². The molecule has 2 unspecified atom stereocenters. The average Bonchev–Trinajstić information content (AvgIpc) is 2.86. The van der Waals surface area contributed by atoms with Crippen molar-refractivity contribution in [2.24, 2.45) is 5.92 Å². The minimum atomic E-state index is 0.131. The molecule has 2 nitrogen and oxygen atoms in total. The zero-order valence-corrected chi connectivity index (χ0v) is 10.8. The predicted molar refractivity (Wildman–Crippen MR) is 68.0 cm³/mol. The Morgan fingerprint density at radius 2 is 2.38 bits per heavy atom. The van der Waals surface area contributed by atoms with Crippen molar-refractivity contribution in [2.45, 2.75) is 45.6 Å². The van der Waals surface area contributed by atoms with Gasteiger partial charge < -0.3 is 5.32 Å². The summed E-state index contributed by atoms with van der Waals surface area (Å²) < 4.78 is 0. The van der Waals surface area contributed by atoms with E-state index in [1.54, 1.807) is 11.3 Å². The Morgan fingerprint density at radius 3 is 3.00 bits per heavy atom. The van der Waals surface area contributed by atoms with Crippen molar-refractivity contribution in [3.8, 4) is 0 Å². The van der Waals surface area contributed by atoms with Gasteiger partial charge in [0.2, 0.25) is 0 Å². The lowest BCUT2D eigenvalue weighted by Crippen LogP contribution is -2.32. The fourth-order valence-corrected chi connectivity index (χ4v) is 3.30. The van der Waals surface area contributed by atoms with Gasteiger partial charge in [0, 0.05) is 6.04 Å². The number of carbonyl (C=O) groups excluding carboxylic acids is 1. The summed E-state index contributed by atoms with van der Waals surface area (Å²) in [5.41, 5.74) is 1.17. The molecule has 1 aromatic heterocycles. The minimum Gasteiger partial charge on any atom is -0.349 e. The molecule has 0 aliphatic heterocycles. The maximum Gasteiger partial charge on any atom is 0.261 e. The molecule has 0 saturated heterocycles.